The van der Waals surface area contributed by atoms with Gasteiger partial charge in [-0.25, -0.2) is 4.39 Å². The SMILES string of the molecule is CC(C)(C)C1CCC(CN)(OCc2cccc(F)c2)CC1. The predicted molar refractivity (Wildman–Crippen MR) is 84.4 cm³/mol. The zero-order chi connectivity index (χ0) is 15.5. The molecular weight excluding hydrogens is 265 g/mol. The van der Waals surface area contributed by atoms with Gasteiger partial charge in [0, 0.05) is 6.54 Å². The van der Waals surface area contributed by atoms with Gasteiger partial charge in [-0.1, -0.05) is 32.9 Å². The van der Waals surface area contributed by atoms with Gasteiger partial charge in [0.15, 0.2) is 0 Å². The van der Waals surface area contributed by atoms with E-state index in [4.69, 9.17) is 10.5 Å². The summed E-state index contributed by atoms with van der Waals surface area (Å²) in [6, 6.07) is 6.61. The molecule has 0 aromatic heterocycles. The molecule has 0 radical (unpaired) electrons. The fourth-order valence-electron chi connectivity index (χ4n) is 3.28. The van der Waals surface area contributed by atoms with Crippen LogP contribution in [-0.4, -0.2) is 12.1 Å². The molecule has 1 fully saturated rings. The van der Waals surface area contributed by atoms with E-state index in [2.05, 4.69) is 20.8 Å². The summed E-state index contributed by atoms with van der Waals surface area (Å²) in [4.78, 5) is 0. The topological polar surface area (TPSA) is 35.2 Å². The third-order valence-electron chi connectivity index (χ3n) is 4.93. The largest absolute Gasteiger partial charge is 0.369 e. The summed E-state index contributed by atoms with van der Waals surface area (Å²) < 4.78 is 19.3. The molecule has 1 aliphatic rings. The molecule has 0 bridgehead atoms. The van der Waals surface area contributed by atoms with Crippen LogP contribution in [0.5, 0.6) is 0 Å². The Kier molecular flexibility index (Phi) is 5.05. The number of nitrogens with two attached hydrogens (primary N) is 1. The first-order chi connectivity index (χ1) is 9.85. The fourth-order valence-corrected chi connectivity index (χ4v) is 3.28. The molecule has 0 amide bonds. The van der Waals surface area contributed by atoms with E-state index >= 15 is 0 Å². The van der Waals surface area contributed by atoms with Crippen LogP contribution in [-0.2, 0) is 11.3 Å². The highest BCUT2D eigenvalue weighted by atomic mass is 19.1. The molecule has 1 aromatic rings. The van der Waals surface area contributed by atoms with E-state index in [1.54, 1.807) is 6.07 Å². The number of ether oxygens (including phenoxy) is 1. The second-order valence-corrected chi connectivity index (χ2v) is 7.45. The van der Waals surface area contributed by atoms with Crippen molar-refractivity contribution in [3.8, 4) is 0 Å². The molecule has 1 aliphatic carbocycles. The van der Waals surface area contributed by atoms with E-state index in [1.807, 2.05) is 6.07 Å². The first-order valence-corrected chi connectivity index (χ1v) is 7.93. The second kappa shape index (κ2) is 6.45. The second-order valence-electron chi connectivity index (χ2n) is 7.45. The van der Waals surface area contributed by atoms with Crippen molar-refractivity contribution in [1.29, 1.82) is 0 Å². The maximum absolute atomic E-state index is 13.2. The Balaban J connectivity index is 1.94. The lowest BCUT2D eigenvalue weighted by Crippen LogP contribution is -2.45. The van der Waals surface area contributed by atoms with Crippen LogP contribution in [0.15, 0.2) is 24.3 Å². The van der Waals surface area contributed by atoms with Crippen molar-refractivity contribution >= 4 is 0 Å². The summed E-state index contributed by atoms with van der Waals surface area (Å²) >= 11 is 0. The maximum Gasteiger partial charge on any atom is 0.123 e. The molecule has 0 spiro atoms. The van der Waals surface area contributed by atoms with Crippen LogP contribution in [0.1, 0.15) is 52.0 Å². The van der Waals surface area contributed by atoms with Crippen molar-refractivity contribution in [2.24, 2.45) is 17.1 Å². The highest BCUT2D eigenvalue weighted by Crippen LogP contribution is 2.42. The molecule has 0 unspecified atom stereocenters. The van der Waals surface area contributed by atoms with Crippen LogP contribution in [0.4, 0.5) is 4.39 Å². The maximum atomic E-state index is 13.2. The van der Waals surface area contributed by atoms with Crippen LogP contribution >= 0.6 is 0 Å². The van der Waals surface area contributed by atoms with E-state index in [0.717, 1.165) is 37.2 Å². The Morgan fingerprint density at radius 1 is 1.29 bits per heavy atom. The van der Waals surface area contributed by atoms with Crippen molar-refractivity contribution in [2.45, 2.75) is 58.7 Å². The third-order valence-corrected chi connectivity index (χ3v) is 4.93. The zero-order valence-corrected chi connectivity index (χ0v) is 13.5. The molecule has 3 heteroatoms. The van der Waals surface area contributed by atoms with Gasteiger partial charge >= 0.3 is 0 Å². The Hall–Kier alpha value is -0.930. The molecule has 1 saturated carbocycles. The molecule has 0 aliphatic heterocycles. The molecule has 118 valence electrons. The summed E-state index contributed by atoms with van der Waals surface area (Å²) in [6.45, 7) is 7.90. The van der Waals surface area contributed by atoms with Crippen molar-refractivity contribution in [1.82, 2.24) is 0 Å². The van der Waals surface area contributed by atoms with Gasteiger partial charge in [-0.2, -0.15) is 0 Å². The summed E-state index contributed by atoms with van der Waals surface area (Å²) in [6.07, 6.45) is 4.31. The Morgan fingerprint density at radius 2 is 1.95 bits per heavy atom. The van der Waals surface area contributed by atoms with Crippen molar-refractivity contribution < 1.29 is 9.13 Å². The molecule has 2 nitrogen and oxygen atoms in total. The minimum Gasteiger partial charge on any atom is -0.369 e. The highest BCUT2D eigenvalue weighted by molar-refractivity contribution is 5.15. The van der Waals surface area contributed by atoms with Gasteiger partial charge in [0.2, 0.25) is 0 Å². The number of halogens is 1. The quantitative estimate of drug-likeness (QED) is 0.899. The van der Waals surface area contributed by atoms with E-state index < -0.39 is 0 Å². The standard InChI is InChI=1S/C18H28FNO/c1-17(2,3)15-7-9-18(13-20,10-8-15)21-12-14-5-4-6-16(19)11-14/h4-6,11,15H,7-10,12-13,20H2,1-3H3. The molecule has 2 N–H and O–H groups in total. The fraction of sp³-hybridized carbons (Fsp3) is 0.667. The van der Waals surface area contributed by atoms with E-state index in [9.17, 15) is 4.39 Å². The summed E-state index contributed by atoms with van der Waals surface area (Å²) in [7, 11) is 0. The molecule has 2 rings (SSSR count). The van der Waals surface area contributed by atoms with Gasteiger partial charge in [0.25, 0.3) is 0 Å². The average Bonchev–Trinajstić information content (AvgIpc) is 2.45. The number of hydrogen-bond donors (Lipinski definition) is 1. The average molecular weight is 293 g/mol. The predicted octanol–water partition coefficient (Wildman–Crippen LogP) is 4.28. The van der Waals surface area contributed by atoms with Gasteiger partial charge in [-0.05, 0) is 54.7 Å². The third kappa shape index (κ3) is 4.27. The lowest BCUT2D eigenvalue weighted by atomic mass is 9.68. The summed E-state index contributed by atoms with van der Waals surface area (Å²) in [5, 5.41) is 0. The number of benzene rings is 1. The number of rotatable bonds is 4. The van der Waals surface area contributed by atoms with Gasteiger partial charge in [0.05, 0.1) is 12.2 Å². The smallest absolute Gasteiger partial charge is 0.123 e. The normalized spacial score (nSPS) is 26.8. The monoisotopic (exact) mass is 293 g/mol. The minimum absolute atomic E-state index is 0.214. The summed E-state index contributed by atoms with van der Waals surface area (Å²) in [5.74, 6) is 0.518. The molecular formula is C18H28FNO. The Morgan fingerprint density at radius 3 is 2.48 bits per heavy atom. The van der Waals surface area contributed by atoms with Crippen LogP contribution < -0.4 is 5.73 Å². The molecule has 0 atom stereocenters. The molecule has 1 aromatic carbocycles. The van der Waals surface area contributed by atoms with Crippen LogP contribution in [0.3, 0.4) is 0 Å². The van der Waals surface area contributed by atoms with E-state index in [1.165, 1.54) is 12.1 Å². The lowest BCUT2D eigenvalue weighted by molar-refractivity contribution is -0.0889. The van der Waals surface area contributed by atoms with Crippen molar-refractivity contribution in [3.05, 3.63) is 35.6 Å². The van der Waals surface area contributed by atoms with Crippen molar-refractivity contribution in [2.75, 3.05) is 6.54 Å². The van der Waals surface area contributed by atoms with E-state index in [0.29, 0.717) is 18.6 Å². The van der Waals surface area contributed by atoms with Gasteiger partial charge < -0.3 is 10.5 Å². The van der Waals surface area contributed by atoms with E-state index in [-0.39, 0.29) is 11.4 Å². The van der Waals surface area contributed by atoms with Gasteiger partial charge in [-0.3, -0.25) is 0 Å². The first kappa shape index (κ1) is 16.4. The first-order valence-electron chi connectivity index (χ1n) is 7.93. The summed E-state index contributed by atoms with van der Waals surface area (Å²) in [5.41, 5.74) is 6.99. The number of hydrogen-bond acceptors (Lipinski definition) is 2. The van der Waals surface area contributed by atoms with Crippen LogP contribution in [0.2, 0.25) is 0 Å². The highest BCUT2D eigenvalue weighted by Gasteiger charge is 2.38. The Labute approximate surface area is 127 Å². The zero-order valence-electron chi connectivity index (χ0n) is 13.5. The lowest BCUT2D eigenvalue weighted by Gasteiger charge is -2.43. The van der Waals surface area contributed by atoms with Gasteiger partial charge in [0.1, 0.15) is 5.82 Å². The minimum atomic E-state index is -0.228. The molecule has 0 heterocycles. The van der Waals surface area contributed by atoms with Gasteiger partial charge in [-0.15, -0.1) is 0 Å². The Bertz CT molecular complexity index is 459. The van der Waals surface area contributed by atoms with Crippen LogP contribution in [0, 0.1) is 17.2 Å². The van der Waals surface area contributed by atoms with Crippen LogP contribution in [0.25, 0.3) is 0 Å². The molecule has 21 heavy (non-hydrogen) atoms. The van der Waals surface area contributed by atoms with Crippen molar-refractivity contribution in [3.63, 3.8) is 0 Å². The molecule has 0 saturated heterocycles.